The lowest BCUT2D eigenvalue weighted by Crippen LogP contribution is -2.42. The molecule has 0 bridgehead atoms. The molecule has 0 aliphatic carbocycles. The summed E-state index contributed by atoms with van der Waals surface area (Å²) in [6, 6.07) is 0. The Labute approximate surface area is 96.0 Å². The second kappa shape index (κ2) is 7.17. The first-order valence-corrected chi connectivity index (χ1v) is 4.21. The summed E-state index contributed by atoms with van der Waals surface area (Å²) in [5.41, 5.74) is 1.96. The van der Waals surface area contributed by atoms with E-state index in [1.807, 2.05) is 0 Å². The fourth-order valence-corrected chi connectivity index (χ4v) is 0.714. The molecule has 0 unspecified atom stereocenters. The Morgan fingerprint density at radius 2 is 1.35 bits per heavy atom. The molecule has 0 aromatic heterocycles. The van der Waals surface area contributed by atoms with Crippen LogP contribution < -0.4 is 5.73 Å². The Hall–Kier alpha value is -2.16. The zero-order valence-electron chi connectivity index (χ0n) is 9.01. The van der Waals surface area contributed by atoms with Crippen LogP contribution in [0, 0.1) is 5.41 Å². The van der Waals surface area contributed by atoms with Gasteiger partial charge >= 0.3 is 17.9 Å². The van der Waals surface area contributed by atoms with Crippen LogP contribution in [0.1, 0.15) is 19.8 Å². The first-order chi connectivity index (χ1) is 7.51. The van der Waals surface area contributed by atoms with E-state index >= 15 is 0 Å². The molecule has 0 aliphatic heterocycles. The van der Waals surface area contributed by atoms with Crippen molar-refractivity contribution in [2.24, 2.45) is 5.73 Å². The highest BCUT2D eigenvalue weighted by Gasteiger charge is 2.40. The highest BCUT2D eigenvalue weighted by Crippen LogP contribution is 2.15. The van der Waals surface area contributed by atoms with E-state index in [4.69, 9.17) is 31.6 Å². The van der Waals surface area contributed by atoms with E-state index in [0.29, 0.717) is 0 Å². The van der Waals surface area contributed by atoms with Crippen LogP contribution in [0.3, 0.4) is 0 Å². The molecule has 0 saturated carbocycles. The third kappa shape index (κ3) is 10.1. The molecule has 0 aliphatic rings. The van der Waals surface area contributed by atoms with Gasteiger partial charge in [-0.2, -0.15) is 0 Å². The van der Waals surface area contributed by atoms with E-state index in [1.54, 1.807) is 0 Å². The van der Waals surface area contributed by atoms with Crippen LogP contribution in [0.15, 0.2) is 0 Å². The summed E-state index contributed by atoms with van der Waals surface area (Å²) in [7, 11) is 0. The van der Waals surface area contributed by atoms with E-state index in [2.05, 4.69) is 0 Å². The minimum absolute atomic E-state index is 0.167. The minimum Gasteiger partial charge on any atom is -0.481 e. The maximum atomic E-state index is 10.3. The number of hydrogen-bond acceptors (Lipinski definition) is 5. The summed E-state index contributed by atoms with van der Waals surface area (Å²) >= 11 is 0. The molecule has 7 N–H and O–H groups in total. The molecular weight excluding hydrogens is 236 g/mol. The van der Waals surface area contributed by atoms with E-state index in [-0.39, 0.29) is 5.84 Å². The number of nitrogens with two attached hydrogens (primary N) is 1. The lowest BCUT2D eigenvalue weighted by molar-refractivity contribution is -0.170. The van der Waals surface area contributed by atoms with E-state index < -0.39 is 36.4 Å². The molecule has 0 amide bonds. The zero-order chi connectivity index (χ0) is 14.2. The Balaban J connectivity index is 0. The van der Waals surface area contributed by atoms with Gasteiger partial charge in [-0.1, -0.05) is 0 Å². The lowest BCUT2D eigenvalue weighted by Gasteiger charge is -2.18. The predicted molar refractivity (Wildman–Crippen MR) is 54.7 cm³/mol. The van der Waals surface area contributed by atoms with Crippen LogP contribution >= 0.6 is 0 Å². The Bertz CT molecular complexity index is 306. The molecule has 0 aromatic rings. The molecule has 0 atom stereocenters. The number of aliphatic carboxylic acids is 3. The summed E-state index contributed by atoms with van der Waals surface area (Å²) in [5, 5.41) is 40.1. The van der Waals surface area contributed by atoms with Gasteiger partial charge in [0.25, 0.3) is 0 Å². The summed E-state index contributed by atoms with van der Waals surface area (Å²) in [5.74, 6) is -4.85. The topological polar surface area (TPSA) is 182 Å². The van der Waals surface area contributed by atoms with Crippen LogP contribution in [0.4, 0.5) is 0 Å². The molecule has 0 saturated heterocycles. The second-order valence-corrected chi connectivity index (χ2v) is 3.16. The summed E-state index contributed by atoms with van der Waals surface area (Å²) < 4.78 is 0. The van der Waals surface area contributed by atoms with Crippen molar-refractivity contribution in [3.63, 3.8) is 0 Å². The van der Waals surface area contributed by atoms with Gasteiger partial charge in [-0.15, -0.1) is 0 Å². The molecule has 9 heteroatoms. The van der Waals surface area contributed by atoms with Gasteiger partial charge in [-0.05, 0) is 6.92 Å². The second-order valence-electron chi connectivity index (χ2n) is 3.16. The molecule has 0 rings (SSSR count). The number of aliphatic hydroxyl groups is 1. The van der Waals surface area contributed by atoms with Crippen molar-refractivity contribution in [2.75, 3.05) is 0 Å². The van der Waals surface area contributed by atoms with Gasteiger partial charge in [0, 0.05) is 0 Å². The van der Waals surface area contributed by atoms with Crippen LogP contribution in [-0.4, -0.2) is 49.8 Å². The Morgan fingerprint density at radius 3 is 1.47 bits per heavy atom. The van der Waals surface area contributed by atoms with Gasteiger partial charge in [-0.3, -0.25) is 15.0 Å². The molecule has 0 aromatic carbocycles. The normalized spacial score (nSPS) is 9.76. The predicted octanol–water partition coefficient (Wildman–Crippen LogP) is -1.31. The minimum atomic E-state index is -2.74. The average molecular weight is 250 g/mol. The summed E-state index contributed by atoms with van der Waals surface area (Å²) in [4.78, 5) is 30.5. The number of carboxylic acid groups (broad SMARTS) is 3. The first kappa shape index (κ1) is 17.2. The largest absolute Gasteiger partial charge is 0.481 e. The molecular formula is C8H14N2O7. The number of rotatable bonds is 5. The van der Waals surface area contributed by atoms with Crippen molar-refractivity contribution in [2.45, 2.75) is 25.4 Å². The smallest absolute Gasteiger partial charge is 0.336 e. The van der Waals surface area contributed by atoms with Crippen molar-refractivity contribution < 1.29 is 34.8 Å². The standard InChI is InChI=1S/C6H8O7.C2H6N2/c7-3(8)1-6(13,5(11)12)2-4(9)10;1-2(3)4/h13H,1-2H2,(H,7,8)(H,9,10)(H,11,12);1H3,(H3,3,4). The van der Waals surface area contributed by atoms with E-state index in [1.165, 1.54) is 6.92 Å². The SMILES string of the molecule is CC(=N)N.O=C(O)CC(O)(CC(=O)O)C(=O)O. The van der Waals surface area contributed by atoms with Crippen LogP contribution in [0.2, 0.25) is 0 Å². The fraction of sp³-hybridized carbons (Fsp3) is 0.500. The first-order valence-electron chi connectivity index (χ1n) is 4.21. The molecule has 0 heterocycles. The van der Waals surface area contributed by atoms with Crippen LogP contribution in [-0.2, 0) is 14.4 Å². The molecule has 0 radical (unpaired) electrons. The number of amidine groups is 1. The van der Waals surface area contributed by atoms with Gasteiger partial charge in [0.2, 0.25) is 0 Å². The molecule has 9 nitrogen and oxygen atoms in total. The van der Waals surface area contributed by atoms with Crippen molar-refractivity contribution in [3.05, 3.63) is 0 Å². The lowest BCUT2D eigenvalue weighted by atomic mass is 9.96. The summed E-state index contributed by atoms with van der Waals surface area (Å²) in [6.07, 6.45) is -2.29. The Kier molecular flexibility index (Phi) is 7.27. The molecule has 17 heavy (non-hydrogen) atoms. The number of nitrogens with one attached hydrogen (secondary N) is 1. The third-order valence-electron chi connectivity index (χ3n) is 1.29. The average Bonchev–Trinajstić information content (AvgIpc) is 1.98. The highest BCUT2D eigenvalue weighted by molar-refractivity contribution is 5.88. The van der Waals surface area contributed by atoms with Crippen molar-refractivity contribution in [1.82, 2.24) is 0 Å². The van der Waals surface area contributed by atoms with Gasteiger partial charge in [0.1, 0.15) is 0 Å². The zero-order valence-corrected chi connectivity index (χ0v) is 9.01. The highest BCUT2D eigenvalue weighted by atomic mass is 16.4. The maximum Gasteiger partial charge on any atom is 0.336 e. The Morgan fingerprint density at radius 1 is 1.12 bits per heavy atom. The number of carbonyl (C=O) groups is 3. The van der Waals surface area contributed by atoms with Crippen molar-refractivity contribution in [3.8, 4) is 0 Å². The molecule has 0 spiro atoms. The van der Waals surface area contributed by atoms with Gasteiger partial charge in [0.15, 0.2) is 5.60 Å². The van der Waals surface area contributed by atoms with Gasteiger partial charge in [-0.25, -0.2) is 4.79 Å². The summed E-state index contributed by atoms with van der Waals surface area (Å²) in [6.45, 7) is 1.53. The quantitative estimate of drug-likeness (QED) is 0.257. The van der Waals surface area contributed by atoms with Gasteiger partial charge < -0.3 is 26.2 Å². The monoisotopic (exact) mass is 250 g/mol. The third-order valence-corrected chi connectivity index (χ3v) is 1.29. The van der Waals surface area contributed by atoms with Crippen LogP contribution in [0.25, 0.3) is 0 Å². The molecule has 98 valence electrons. The van der Waals surface area contributed by atoms with Crippen molar-refractivity contribution in [1.29, 1.82) is 5.41 Å². The maximum absolute atomic E-state index is 10.3. The van der Waals surface area contributed by atoms with E-state index in [0.717, 1.165) is 0 Å². The number of carboxylic acids is 3. The van der Waals surface area contributed by atoms with E-state index in [9.17, 15) is 14.4 Å². The number of hydrogen-bond donors (Lipinski definition) is 6. The fourth-order valence-electron chi connectivity index (χ4n) is 0.714. The van der Waals surface area contributed by atoms with Crippen molar-refractivity contribution >= 4 is 23.7 Å². The van der Waals surface area contributed by atoms with Crippen LogP contribution in [0.5, 0.6) is 0 Å². The molecule has 0 fully saturated rings. The van der Waals surface area contributed by atoms with Gasteiger partial charge in [0.05, 0.1) is 18.7 Å².